The minimum atomic E-state index is -0.324. The van der Waals surface area contributed by atoms with Gasteiger partial charge in [-0.3, -0.25) is 0 Å². The molecule has 0 N–H and O–H groups in total. The van der Waals surface area contributed by atoms with Crippen LogP contribution in [0.2, 0.25) is 5.02 Å². The van der Waals surface area contributed by atoms with E-state index in [1.807, 2.05) is 36.4 Å². The van der Waals surface area contributed by atoms with Crippen molar-refractivity contribution in [2.75, 3.05) is 13.7 Å². The molecule has 0 fully saturated rings. The summed E-state index contributed by atoms with van der Waals surface area (Å²) in [4.78, 5) is 11.8. The Morgan fingerprint density at radius 3 is 2.03 bits per heavy atom. The molecule has 29 heavy (non-hydrogen) atoms. The van der Waals surface area contributed by atoms with E-state index in [1.54, 1.807) is 0 Å². The third kappa shape index (κ3) is 5.54. The smallest absolute Gasteiger partial charge is 0.337 e. The second kappa shape index (κ2) is 9.67. The number of hydrogen-bond acceptors (Lipinski definition) is 3. The molecular formula is C25H33ClO3. The first-order chi connectivity index (χ1) is 13.7. The summed E-state index contributed by atoms with van der Waals surface area (Å²) in [6.45, 7) is 11.6. The van der Waals surface area contributed by atoms with E-state index in [9.17, 15) is 4.79 Å². The largest absolute Gasteiger partial charge is 0.492 e. The highest BCUT2D eigenvalue weighted by atomic mass is 35.5. The van der Waals surface area contributed by atoms with Crippen LogP contribution < -0.4 is 4.74 Å². The number of carbonyl (C=O) groups excluding carboxylic acids is 1. The van der Waals surface area contributed by atoms with Crippen molar-refractivity contribution < 1.29 is 14.3 Å². The zero-order valence-electron chi connectivity index (χ0n) is 18.5. The molecule has 0 aliphatic heterocycles. The number of halogens is 1. The zero-order chi connectivity index (χ0) is 21.7. The van der Waals surface area contributed by atoms with Crippen LogP contribution in [0.25, 0.3) is 0 Å². The average Bonchev–Trinajstić information content (AvgIpc) is 2.70. The molecular weight excluding hydrogens is 384 g/mol. The third-order valence-electron chi connectivity index (χ3n) is 5.66. The summed E-state index contributed by atoms with van der Waals surface area (Å²) in [7, 11) is 1.39. The molecule has 0 aliphatic rings. The van der Waals surface area contributed by atoms with Gasteiger partial charge in [-0.25, -0.2) is 4.79 Å². The van der Waals surface area contributed by atoms with Crippen LogP contribution in [0.3, 0.4) is 0 Å². The molecule has 0 heterocycles. The fraction of sp³-hybridized carbons (Fsp3) is 0.480. The third-order valence-corrected chi connectivity index (χ3v) is 5.96. The highest BCUT2D eigenvalue weighted by molar-refractivity contribution is 6.32. The molecule has 3 nitrogen and oxygen atoms in total. The van der Waals surface area contributed by atoms with Crippen molar-refractivity contribution in [2.24, 2.45) is 5.41 Å². The van der Waals surface area contributed by atoms with Crippen LogP contribution in [-0.4, -0.2) is 19.7 Å². The van der Waals surface area contributed by atoms with E-state index < -0.39 is 0 Å². The number of methoxy groups -OCH3 is 1. The molecule has 2 rings (SSSR count). The Balaban J connectivity index is 2.32. The molecule has 2 aromatic carbocycles. The quantitative estimate of drug-likeness (QED) is 0.432. The van der Waals surface area contributed by atoms with Crippen LogP contribution >= 0.6 is 11.6 Å². The molecule has 0 atom stereocenters. The van der Waals surface area contributed by atoms with E-state index in [2.05, 4.69) is 40.7 Å². The first-order valence-corrected chi connectivity index (χ1v) is 10.7. The second-order valence-electron chi connectivity index (χ2n) is 8.66. The maximum absolute atomic E-state index is 11.8. The number of carbonyl (C=O) groups is 1. The van der Waals surface area contributed by atoms with Crippen LogP contribution in [0.4, 0.5) is 0 Å². The highest BCUT2D eigenvalue weighted by Gasteiger charge is 2.31. The van der Waals surface area contributed by atoms with Gasteiger partial charge in [-0.1, -0.05) is 64.4 Å². The van der Waals surface area contributed by atoms with Crippen LogP contribution in [0.1, 0.15) is 75.4 Å². The molecule has 0 saturated heterocycles. The molecule has 4 heteroatoms. The Bertz CT molecular complexity index is 815. The van der Waals surface area contributed by atoms with Crippen molar-refractivity contribution in [1.82, 2.24) is 0 Å². The van der Waals surface area contributed by atoms with Gasteiger partial charge in [0.1, 0.15) is 5.75 Å². The van der Waals surface area contributed by atoms with E-state index in [0.29, 0.717) is 17.2 Å². The van der Waals surface area contributed by atoms with Crippen molar-refractivity contribution in [3.8, 4) is 5.75 Å². The van der Waals surface area contributed by atoms with Gasteiger partial charge in [0.05, 0.1) is 24.3 Å². The molecule has 0 unspecified atom stereocenters. The molecule has 158 valence electrons. The lowest BCUT2D eigenvalue weighted by Gasteiger charge is -2.33. The Morgan fingerprint density at radius 2 is 1.55 bits per heavy atom. The summed E-state index contributed by atoms with van der Waals surface area (Å²) >= 11 is 6.59. The number of hydrogen-bond donors (Lipinski definition) is 0. The van der Waals surface area contributed by atoms with Gasteiger partial charge in [-0.15, -0.1) is 0 Å². The predicted molar refractivity (Wildman–Crippen MR) is 120 cm³/mol. The zero-order valence-corrected chi connectivity index (χ0v) is 19.2. The highest BCUT2D eigenvalue weighted by Crippen LogP contribution is 2.41. The lowest BCUT2D eigenvalue weighted by atomic mass is 9.70. The minimum absolute atomic E-state index is 0.178. The van der Waals surface area contributed by atoms with E-state index in [0.717, 1.165) is 36.1 Å². The van der Waals surface area contributed by atoms with E-state index in [1.165, 1.54) is 7.11 Å². The minimum Gasteiger partial charge on any atom is -0.492 e. The predicted octanol–water partition coefficient (Wildman–Crippen LogP) is 7.05. The van der Waals surface area contributed by atoms with Gasteiger partial charge in [-0.2, -0.15) is 0 Å². The molecule has 0 amide bonds. The number of esters is 1. The summed E-state index contributed by atoms with van der Waals surface area (Å²) in [5.41, 5.74) is 2.91. The van der Waals surface area contributed by atoms with Gasteiger partial charge in [0, 0.05) is 5.41 Å². The Morgan fingerprint density at radius 1 is 0.966 bits per heavy atom. The summed E-state index contributed by atoms with van der Waals surface area (Å²) in [6.07, 6.45) is 2.80. The number of ether oxygens (including phenoxy) is 2. The fourth-order valence-corrected chi connectivity index (χ4v) is 3.89. The van der Waals surface area contributed by atoms with Crippen LogP contribution in [0.5, 0.6) is 5.75 Å². The molecule has 0 radical (unpaired) electrons. The van der Waals surface area contributed by atoms with Crippen molar-refractivity contribution in [2.45, 2.75) is 59.3 Å². The Hall–Kier alpha value is -2.00. The monoisotopic (exact) mass is 416 g/mol. The standard InChI is InChI=1S/C25H33ClO3/c1-7-25(8-2,19-11-9-18(10-12-19)23(27)28-6)20-13-14-22(21(26)17-20)29-16-15-24(3,4)5/h9-14,17H,7-8,15-16H2,1-6H3. The average molecular weight is 417 g/mol. The summed E-state index contributed by atoms with van der Waals surface area (Å²) in [6, 6.07) is 13.8. The van der Waals surface area contributed by atoms with Gasteiger partial charge in [0.2, 0.25) is 0 Å². The first-order valence-electron chi connectivity index (χ1n) is 10.3. The Kier molecular flexibility index (Phi) is 7.76. The fourth-order valence-electron chi connectivity index (χ4n) is 3.66. The van der Waals surface area contributed by atoms with Gasteiger partial charge in [0.15, 0.2) is 0 Å². The van der Waals surface area contributed by atoms with Crippen LogP contribution in [0.15, 0.2) is 42.5 Å². The first kappa shape index (κ1) is 23.3. The second-order valence-corrected chi connectivity index (χ2v) is 9.07. The van der Waals surface area contributed by atoms with E-state index >= 15 is 0 Å². The Labute approximate surface area is 180 Å². The molecule has 0 aliphatic carbocycles. The summed E-state index contributed by atoms with van der Waals surface area (Å²) in [5.74, 6) is 0.400. The van der Waals surface area contributed by atoms with Crippen LogP contribution in [0, 0.1) is 5.41 Å². The molecule has 0 aromatic heterocycles. The van der Waals surface area contributed by atoms with Gasteiger partial charge in [0.25, 0.3) is 0 Å². The molecule has 2 aromatic rings. The van der Waals surface area contributed by atoms with Gasteiger partial charge < -0.3 is 9.47 Å². The van der Waals surface area contributed by atoms with Crippen molar-refractivity contribution in [3.63, 3.8) is 0 Å². The lowest BCUT2D eigenvalue weighted by molar-refractivity contribution is 0.0600. The molecule has 0 bridgehead atoms. The normalized spacial score (nSPS) is 12.0. The van der Waals surface area contributed by atoms with E-state index in [4.69, 9.17) is 21.1 Å². The van der Waals surface area contributed by atoms with E-state index in [-0.39, 0.29) is 16.8 Å². The number of benzene rings is 2. The topological polar surface area (TPSA) is 35.5 Å². The SMILES string of the molecule is CCC(CC)(c1ccc(C(=O)OC)cc1)c1ccc(OCCC(C)(C)C)c(Cl)c1. The molecule has 0 saturated carbocycles. The van der Waals surface area contributed by atoms with Crippen LogP contribution in [-0.2, 0) is 10.2 Å². The van der Waals surface area contributed by atoms with Crippen molar-refractivity contribution in [1.29, 1.82) is 0 Å². The molecule has 0 spiro atoms. The number of rotatable bonds is 8. The maximum atomic E-state index is 11.8. The van der Waals surface area contributed by atoms with Crippen molar-refractivity contribution in [3.05, 3.63) is 64.2 Å². The van der Waals surface area contributed by atoms with Gasteiger partial charge in [-0.05, 0) is 60.1 Å². The maximum Gasteiger partial charge on any atom is 0.337 e. The lowest BCUT2D eigenvalue weighted by Crippen LogP contribution is -2.26. The van der Waals surface area contributed by atoms with Gasteiger partial charge >= 0.3 is 5.97 Å². The summed E-state index contributed by atoms with van der Waals surface area (Å²) in [5, 5.41) is 0.633. The summed E-state index contributed by atoms with van der Waals surface area (Å²) < 4.78 is 10.7. The van der Waals surface area contributed by atoms with Crippen molar-refractivity contribution >= 4 is 17.6 Å².